The van der Waals surface area contributed by atoms with E-state index in [1.807, 2.05) is 60.0 Å². The zero-order valence-corrected chi connectivity index (χ0v) is 16.7. The summed E-state index contributed by atoms with van der Waals surface area (Å²) in [4.78, 5) is 16.7. The Labute approximate surface area is 168 Å². The molecule has 7 heteroatoms. The van der Waals surface area contributed by atoms with Crippen LogP contribution >= 0.6 is 11.8 Å². The molecule has 146 valence electrons. The molecule has 0 fully saturated rings. The number of aliphatic hydroxyl groups excluding tert-OH is 1. The van der Waals surface area contributed by atoms with Crippen molar-refractivity contribution in [1.82, 2.24) is 9.55 Å². The number of benzene rings is 2. The summed E-state index contributed by atoms with van der Waals surface area (Å²) < 4.78 is 7.11. The van der Waals surface area contributed by atoms with Gasteiger partial charge >= 0.3 is 0 Å². The first-order valence-electron chi connectivity index (χ1n) is 8.86. The van der Waals surface area contributed by atoms with E-state index in [-0.39, 0.29) is 18.3 Å². The fourth-order valence-corrected chi connectivity index (χ4v) is 3.56. The maximum atomic E-state index is 12.3. The van der Waals surface area contributed by atoms with Crippen LogP contribution in [0.25, 0.3) is 0 Å². The number of anilines is 1. The van der Waals surface area contributed by atoms with E-state index in [9.17, 15) is 9.90 Å². The number of ether oxygens (including phenoxy) is 1. The lowest BCUT2D eigenvalue weighted by Gasteiger charge is -2.11. The maximum absolute atomic E-state index is 12.3. The number of carbonyl (C=O) groups is 1. The second-order valence-corrected chi connectivity index (χ2v) is 7.27. The fourth-order valence-electron chi connectivity index (χ4n) is 2.77. The lowest BCUT2D eigenvalue weighted by Crippen LogP contribution is -2.15. The summed E-state index contributed by atoms with van der Waals surface area (Å²) in [5.41, 5.74) is 3.63. The van der Waals surface area contributed by atoms with Gasteiger partial charge in [-0.25, -0.2) is 4.98 Å². The number of hydrogen-bond donors (Lipinski definition) is 2. The third-order valence-electron chi connectivity index (χ3n) is 4.20. The smallest absolute Gasteiger partial charge is 0.234 e. The monoisotopic (exact) mass is 397 g/mol. The zero-order chi connectivity index (χ0) is 19.9. The van der Waals surface area contributed by atoms with Gasteiger partial charge in [0.05, 0.1) is 31.4 Å². The molecule has 0 aliphatic carbocycles. The number of rotatable bonds is 8. The van der Waals surface area contributed by atoms with Crippen molar-refractivity contribution in [1.29, 1.82) is 0 Å². The van der Waals surface area contributed by atoms with Gasteiger partial charge in [0.1, 0.15) is 5.75 Å². The van der Waals surface area contributed by atoms with Crippen LogP contribution in [0.5, 0.6) is 5.75 Å². The van der Waals surface area contributed by atoms with Gasteiger partial charge in [-0.3, -0.25) is 4.79 Å². The molecule has 0 saturated carbocycles. The quantitative estimate of drug-likeness (QED) is 0.569. The normalized spacial score (nSPS) is 10.7. The average molecular weight is 398 g/mol. The Morgan fingerprint density at radius 3 is 2.71 bits per heavy atom. The number of nitrogens with zero attached hydrogens (tertiary/aromatic N) is 2. The summed E-state index contributed by atoms with van der Waals surface area (Å²) in [5, 5.41) is 13.2. The van der Waals surface area contributed by atoms with Crippen LogP contribution in [-0.2, 0) is 17.9 Å². The summed E-state index contributed by atoms with van der Waals surface area (Å²) in [5.74, 6) is 0.928. The van der Waals surface area contributed by atoms with E-state index in [0.29, 0.717) is 17.4 Å². The van der Waals surface area contributed by atoms with Gasteiger partial charge in [-0.1, -0.05) is 36.0 Å². The number of hydrogen-bond acceptors (Lipinski definition) is 5. The lowest BCUT2D eigenvalue weighted by molar-refractivity contribution is -0.113. The number of methoxy groups -OCH3 is 1. The largest absolute Gasteiger partial charge is 0.497 e. The van der Waals surface area contributed by atoms with Crippen LogP contribution in [-0.4, -0.2) is 33.4 Å². The molecule has 1 aromatic heterocycles. The van der Waals surface area contributed by atoms with Crippen LogP contribution in [0.15, 0.2) is 59.9 Å². The molecule has 3 rings (SSSR count). The highest BCUT2D eigenvalue weighted by molar-refractivity contribution is 7.99. The van der Waals surface area contributed by atoms with Crippen LogP contribution in [0.4, 0.5) is 5.69 Å². The van der Waals surface area contributed by atoms with Crippen LogP contribution in [0.3, 0.4) is 0 Å². The van der Waals surface area contributed by atoms with Crippen molar-refractivity contribution in [3.05, 3.63) is 71.5 Å². The van der Waals surface area contributed by atoms with Crippen LogP contribution < -0.4 is 10.1 Å². The molecular formula is C21H23N3O3S. The van der Waals surface area contributed by atoms with Gasteiger partial charge in [-0.15, -0.1) is 0 Å². The number of aliphatic hydroxyl groups is 1. The Bertz CT molecular complexity index is 938. The molecule has 0 aliphatic heterocycles. The molecule has 2 aromatic carbocycles. The molecule has 3 aromatic rings. The van der Waals surface area contributed by atoms with Crippen LogP contribution in [0, 0.1) is 6.92 Å². The van der Waals surface area contributed by atoms with Gasteiger partial charge in [-0.05, 0) is 42.3 Å². The Morgan fingerprint density at radius 2 is 2.04 bits per heavy atom. The third kappa shape index (κ3) is 5.15. The minimum atomic E-state index is -0.112. The third-order valence-corrected chi connectivity index (χ3v) is 5.19. The highest BCUT2D eigenvalue weighted by atomic mass is 32.2. The highest BCUT2D eigenvalue weighted by Gasteiger charge is 2.13. The molecule has 0 bridgehead atoms. The molecule has 6 nitrogen and oxygen atoms in total. The maximum Gasteiger partial charge on any atom is 0.234 e. The van der Waals surface area contributed by atoms with Crippen molar-refractivity contribution >= 4 is 23.4 Å². The van der Waals surface area contributed by atoms with Gasteiger partial charge in [-0.2, -0.15) is 0 Å². The van der Waals surface area contributed by atoms with Gasteiger partial charge in [0.2, 0.25) is 5.91 Å². The first kappa shape index (κ1) is 20.0. The molecule has 0 radical (unpaired) electrons. The van der Waals surface area contributed by atoms with E-state index in [4.69, 9.17) is 4.74 Å². The van der Waals surface area contributed by atoms with Gasteiger partial charge in [0.25, 0.3) is 0 Å². The Morgan fingerprint density at radius 1 is 1.25 bits per heavy atom. The van der Waals surface area contributed by atoms with Gasteiger partial charge < -0.3 is 19.7 Å². The molecular weight excluding hydrogens is 374 g/mol. The molecule has 0 saturated heterocycles. The topological polar surface area (TPSA) is 76.4 Å². The van der Waals surface area contributed by atoms with E-state index >= 15 is 0 Å². The summed E-state index contributed by atoms with van der Waals surface area (Å²) in [6, 6.07) is 15.4. The van der Waals surface area contributed by atoms with E-state index in [1.165, 1.54) is 11.8 Å². The van der Waals surface area contributed by atoms with Gasteiger partial charge in [0.15, 0.2) is 5.16 Å². The summed E-state index contributed by atoms with van der Waals surface area (Å²) >= 11 is 1.35. The molecule has 0 aliphatic rings. The molecule has 0 unspecified atom stereocenters. The Balaban J connectivity index is 1.66. The number of nitrogens with one attached hydrogen (secondary N) is 1. The van der Waals surface area contributed by atoms with Gasteiger partial charge in [0, 0.05) is 12.2 Å². The first-order valence-corrected chi connectivity index (χ1v) is 9.85. The molecule has 28 heavy (non-hydrogen) atoms. The number of imidazole rings is 1. The standard InChI is InChI=1S/C21H23N3O3S/c1-15-4-3-5-17(10-15)23-20(26)14-28-21-22-11-18(13-25)24(21)12-16-6-8-19(27-2)9-7-16/h3-11,25H,12-14H2,1-2H3,(H,23,26). The summed E-state index contributed by atoms with van der Waals surface area (Å²) in [6.07, 6.45) is 1.64. The van der Waals surface area contributed by atoms with E-state index in [2.05, 4.69) is 10.3 Å². The molecule has 0 spiro atoms. The average Bonchev–Trinajstić information content (AvgIpc) is 3.08. The number of aryl methyl sites for hydroxylation is 1. The van der Waals surface area contributed by atoms with Crippen molar-refractivity contribution in [2.45, 2.75) is 25.2 Å². The van der Waals surface area contributed by atoms with Crippen LogP contribution in [0.2, 0.25) is 0 Å². The SMILES string of the molecule is COc1ccc(Cn2c(CO)cnc2SCC(=O)Nc2cccc(C)c2)cc1. The number of thioether (sulfide) groups is 1. The summed E-state index contributed by atoms with van der Waals surface area (Å²) in [6.45, 7) is 2.43. The molecule has 0 atom stereocenters. The van der Waals surface area contributed by atoms with Crippen molar-refractivity contribution < 1.29 is 14.6 Å². The second kappa shape index (κ2) is 9.43. The minimum Gasteiger partial charge on any atom is -0.497 e. The lowest BCUT2D eigenvalue weighted by atomic mass is 10.2. The fraction of sp³-hybridized carbons (Fsp3) is 0.238. The van der Waals surface area contributed by atoms with E-state index in [0.717, 1.165) is 22.6 Å². The first-order chi connectivity index (χ1) is 13.6. The number of aromatic nitrogens is 2. The number of carbonyl (C=O) groups excluding carboxylic acids is 1. The Kier molecular flexibility index (Phi) is 6.73. The predicted octanol–water partition coefficient (Wildman–Crippen LogP) is 3.47. The summed E-state index contributed by atoms with van der Waals surface area (Å²) in [7, 11) is 1.63. The van der Waals surface area contributed by atoms with Crippen molar-refractivity contribution in [3.8, 4) is 5.75 Å². The number of amides is 1. The molecule has 1 amide bonds. The zero-order valence-electron chi connectivity index (χ0n) is 15.9. The van der Waals surface area contributed by atoms with Crippen molar-refractivity contribution in [3.63, 3.8) is 0 Å². The molecule has 2 N–H and O–H groups in total. The van der Waals surface area contributed by atoms with Crippen molar-refractivity contribution in [2.75, 3.05) is 18.2 Å². The van der Waals surface area contributed by atoms with Crippen molar-refractivity contribution in [2.24, 2.45) is 0 Å². The molecule has 1 heterocycles. The van der Waals surface area contributed by atoms with E-state index < -0.39 is 0 Å². The predicted molar refractivity (Wildman–Crippen MR) is 111 cm³/mol. The van der Waals surface area contributed by atoms with E-state index in [1.54, 1.807) is 13.3 Å². The second-order valence-electron chi connectivity index (χ2n) is 6.33. The highest BCUT2D eigenvalue weighted by Crippen LogP contribution is 2.22. The Hall–Kier alpha value is -2.77. The minimum absolute atomic E-state index is 0.0971. The van der Waals surface area contributed by atoms with Crippen LogP contribution in [0.1, 0.15) is 16.8 Å².